The van der Waals surface area contributed by atoms with Crippen molar-refractivity contribution in [2.75, 3.05) is 38.7 Å². The first kappa shape index (κ1) is 35.2. The van der Waals surface area contributed by atoms with Crippen molar-refractivity contribution < 1.29 is 29.0 Å². The molecule has 0 aromatic heterocycles. The zero-order valence-electron chi connectivity index (χ0n) is 28.1. The molecule has 252 valence electrons. The Bertz CT molecular complexity index is 1120. The largest absolute Gasteiger partial charge is 0.490 e. The summed E-state index contributed by atoms with van der Waals surface area (Å²) < 4.78 is 12.8. The maximum absolute atomic E-state index is 14.4. The number of aliphatic hydroxyl groups excluding tert-OH is 1. The van der Waals surface area contributed by atoms with Crippen molar-refractivity contribution in [2.45, 2.75) is 122 Å². The predicted molar refractivity (Wildman–Crippen MR) is 176 cm³/mol. The number of anilines is 1. The van der Waals surface area contributed by atoms with Gasteiger partial charge in [0.25, 0.3) is 5.91 Å². The number of amides is 3. The number of ether oxygens (including phenoxy) is 2. The average Bonchev–Trinajstić information content (AvgIpc) is 3.06. The quantitative estimate of drug-likeness (QED) is 0.382. The fourth-order valence-electron chi connectivity index (χ4n) is 7.09. The molecule has 1 heterocycles. The van der Waals surface area contributed by atoms with Crippen LogP contribution in [0.1, 0.15) is 115 Å². The first-order chi connectivity index (χ1) is 21.7. The zero-order valence-corrected chi connectivity index (χ0v) is 28.1. The summed E-state index contributed by atoms with van der Waals surface area (Å²) in [6.45, 7) is 7.06. The number of hydrogen-bond acceptors (Lipinski definition) is 6. The SMILES string of the molecule is C[C@H]1CCCCO[C@H](CN(C)C(=O)C2CCCCC2)[C@@H](C)CN([C@@H](C)CO)C(=O)c2cc(NC(=O)C3CCCCC3)ccc2O1. The minimum Gasteiger partial charge on any atom is -0.490 e. The maximum Gasteiger partial charge on any atom is 0.258 e. The van der Waals surface area contributed by atoms with E-state index in [4.69, 9.17) is 9.47 Å². The lowest BCUT2D eigenvalue weighted by atomic mass is 9.88. The number of hydrogen-bond donors (Lipinski definition) is 2. The molecule has 4 rings (SSSR count). The minimum atomic E-state index is -0.458. The molecule has 3 amide bonds. The van der Waals surface area contributed by atoms with Crippen LogP contribution in [0.5, 0.6) is 5.75 Å². The number of likely N-dealkylation sites (N-methyl/N-ethyl adjacent to an activating group) is 1. The number of benzene rings is 1. The zero-order chi connectivity index (χ0) is 32.3. The normalized spacial score (nSPS) is 25.4. The van der Waals surface area contributed by atoms with Crippen molar-refractivity contribution >= 4 is 23.4 Å². The second-order valence-electron chi connectivity index (χ2n) is 13.9. The third kappa shape index (κ3) is 9.92. The average molecular weight is 628 g/mol. The van der Waals surface area contributed by atoms with Gasteiger partial charge in [-0.3, -0.25) is 14.4 Å². The van der Waals surface area contributed by atoms with E-state index in [1.165, 1.54) is 12.8 Å². The highest BCUT2D eigenvalue weighted by molar-refractivity contribution is 6.00. The van der Waals surface area contributed by atoms with E-state index >= 15 is 0 Å². The molecule has 1 aromatic rings. The fourth-order valence-corrected chi connectivity index (χ4v) is 7.09. The van der Waals surface area contributed by atoms with E-state index in [-0.39, 0.29) is 54.3 Å². The summed E-state index contributed by atoms with van der Waals surface area (Å²) >= 11 is 0. The van der Waals surface area contributed by atoms with Crippen molar-refractivity contribution in [3.63, 3.8) is 0 Å². The Hall–Kier alpha value is -2.65. The predicted octanol–water partition coefficient (Wildman–Crippen LogP) is 6.04. The molecule has 0 radical (unpaired) electrons. The van der Waals surface area contributed by atoms with Crippen LogP contribution >= 0.6 is 0 Å². The molecule has 2 aliphatic carbocycles. The number of carbonyl (C=O) groups is 3. The molecular formula is C36H57N3O6. The molecule has 4 atom stereocenters. The van der Waals surface area contributed by atoms with Crippen LogP contribution < -0.4 is 10.1 Å². The smallest absolute Gasteiger partial charge is 0.258 e. The van der Waals surface area contributed by atoms with Crippen molar-refractivity contribution in [3.05, 3.63) is 23.8 Å². The fraction of sp³-hybridized carbons (Fsp3) is 0.750. The molecule has 9 nitrogen and oxygen atoms in total. The molecule has 2 N–H and O–H groups in total. The Kier molecular flexibility index (Phi) is 13.5. The monoisotopic (exact) mass is 627 g/mol. The molecule has 0 unspecified atom stereocenters. The van der Waals surface area contributed by atoms with Gasteiger partial charge in [0, 0.05) is 50.2 Å². The van der Waals surface area contributed by atoms with Gasteiger partial charge in [-0.25, -0.2) is 0 Å². The summed E-state index contributed by atoms with van der Waals surface area (Å²) in [7, 11) is 1.87. The molecular weight excluding hydrogens is 570 g/mol. The summed E-state index contributed by atoms with van der Waals surface area (Å²) in [4.78, 5) is 44.3. The summed E-state index contributed by atoms with van der Waals surface area (Å²) in [6, 6.07) is 4.87. The van der Waals surface area contributed by atoms with Crippen LogP contribution in [0.2, 0.25) is 0 Å². The van der Waals surface area contributed by atoms with Crippen LogP contribution in [0.4, 0.5) is 5.69 Å². The Morgan fingerprint density at radius 3 is 2.29 bits per heavy atom. The number of nitrogens with one attached hydrogen (secondary N) is 1. The molecule has 1 aliphatic heterocycles. The van der Waals surface area contributed by atoms with E-state index < -0.39 is 6.04 Å². The van der Waals surface area contributed by atoms with Gasteiger partial charge in [-0.15, -0.1) is 0 Å². The van der Waals surface area contributed by atoms with E-state index in [1.807, 2.05) is 31.9 Å². The van der Waals surface area contributed by atoms with Crippen LogP contribution in [-0.2, 0) is 14.3 Å². The van der Waals surface area contributed by atoms with E-state index in [9.17, 15) is 19.5 Å². The summed E-state index contributed by atoms with van der Waals surface area (Å²) in [5, 5.41) is 13.3. The lowest BCUT2D eigenvalue weighted by Gasteiger charge is -2.36. The third-order valence-electron chi connectivity index (χ3n) is 10.1. The summed E-state index contributed by atoms with van der Waals surface area (Å²) in [6.07, 6.45) is 12.6. The number of rotatable bonds is 7. The van der Waals surface area contributed by atoms with Crippen LogP contribution in [0.25, 0.3) is 0 Å². The Morgan fingerprint density at radius 2 is 1.62 bits per heavy atom. The van der Waals surface area contributed by atoms with Crippen molar-refractivity contribution in [1.29, 1.82) is 0 Å². The van der Waals surface area contributed by atoms with Crippen LogP contribution in [0, 0.1) is 17.8 Å². The molecule has 3 aliphatic rings. The number of fused-ring (bicyclic) bond motifs is 1. The van der Waals surface area contributed by atoms with Gasteiger partial charge in [0.1, 0.15) is 5.75 Å². The summed E-state index contributed by atoms with van der Waals surface area (Å²) in [5.74, 6) is 0.366. The minimum absolute atomic E-state index is 0.00151. The van der Waals surface area contributed by atoms with Crippen LogP contribution in [0.15, 0.2) is 18.2 Å². The first-order valence-electron chi connectivity index (χ1n) is 17.6. The summed E-state index contributed by atoms with van der Waals surface area (Å²) in [5.41, 5.74) is 0.943. The highest BCUT2D eigenvalue weighted by Crippen LogP contribution is 2.31. The lowest BCUT2D eigenvalue weighted by molar-refractivity contribution is -0.138. The molecule has 2 saturated carbocycles. The topological polar surface area (TPSA) is 108 Å². The molecule has 9 heteroatoms. The van der Waals surface area contributed by atoms with Gasteiger partial charge >= 0.3 is 0 Å². The van der Waals surface area contributed by atoms with Crippen molar-refractivity contribution in [2.24, 2.45) is 17.8 Å². The number of aliphatic hydroxyl groups is 1. The Morgan fingerprint density at radius 1 is 0.978 bits per heavy atom. The highest BCUT2D eigenvalue weighted by Gasteiger charge is 2.32. The second-order valence-corrected chi connectivity index (χ2v) is 13.9. The molecule has 2 fully saturated rings. The standard InChI is InChI=1S/C36H57N3O6/c1-25-22-39(26(2)24-40)36(43)31-21-30(37-34(41)28-14-7-5-8-15-28)18-19-32(31)45-27(3)13-11-12-20-44-33(25)23-38(4)35(42)29-16-9-6-10-17-29/h18-19,21,25-29,33,40H,5-17,20,22-24H2,1-4H3,(H,37,41)/t25-,26-,27-,33+/m0/s1. The van der Waals surface area contributed by atoms with E-state index in [0.29, 0.717) is 36.7 Å². The van der Waals surface area contributed by atoms with E-state index in [2.05, 4.69) is 12.2 Å². The van der Waals surface area contributed by atoms with Crippen molar-refractivity contribution in [3.8, 4) is 5.75 Å². The van der Waals surface area contributed by atoms with E-state index in [0.717, 1.165) is 70.6 Å². The molecule has 0 spiro atoms. The van der Waals surface area contributed by atoms with Gasteiger partial charge in [0.2, 0.25) is 11.8 Å². The Balaban J connectivity index is 1.58. The number of nitrogens with zero attached hydrogens (tertiary/aromatic N) is 2. The number of carbonyl (C=O) groups excluding carboxylic acids is 3. The van der Waals surface area contributed by atoms with Gasteiger partial charge in [-0.05, 0) is 77.0 Å². The first-order valence-corrected chi connectivity index (χ1v) is 17.6. The molecule has 1 aromatic carbocycles. The van der Waals surface area contributed by atoms with Gasteiger partial charge in [-0.2, -0.15) is 0 Å². The second kappa shape index (κ2) is 17.3. The Labute approximate surface area is 270 Å². The van der Waals surface area contributed by atoms with Gasteiger partial charge in [-0.1, -0.05) is 45.4 Å². The lowest BCUT2D eigenvalue weighted by Crippen LogP contribution is -2.48. The van der Waals surface area contributed by atoms with Crippen molar-refractivity contribution in [1.82, 2.24) is 9.80 Å². The van der Waals surface area contributed by atoms with Gasteiger partial charge in [0.15, 0.2) is 0 Å². The third-order valence-corrected chi connectivity index (χ3v) is 10.1. The van der Waals surface area contributed by atoms with Crippen LogP contribution in [0.3, 0.4) is 0 Å². The van der Waals surface area contributed by atoms with Gasteiger partial charge in [0.05, 0.1) is 30.4 Å². The van der Waals surface area contributed by atoms with Gasteiger partial charge < -0.3 is 29.7 Å². The highest BCUT2D eigenvalue weighted by atomic mass is 16.5. The molecule has 0 bridgehead atoms. The molecule has 0 saturated heterocycles. The molecule has 45 heavy (non-hydrogen) atoms. The van der Waals surface area contributed by atoms with E-state index in [1.54, 1.807) is 17.0 Å². The van der Waals surface area contributed by atoms with Crippen LogP contribution in [-0.4, -0.2) is 84.2 Å². The maximum atomic E-state index is 14.4.